The van der Waals surface area contributed by atoms with E-state index in [0.717, 1.165) is 5.56 Å². The van der Waals surface area contributed by atoms with Crippen LogP contribution in [0.5, 0.6) is 0 Å². The monoisotopic (exact) mass is 315 g/mol. The maximum atomic E-state index is 13.7. The van der Waals surface area contributed by atoms with Gasteiger partial charge in [-0.05, 0) is 37.3 Å². The summed E-state index contributed by atoms with van der Waals surface area (Å²) in [7, 11) is 0. The summed E-state index contributed by atoms with van der Waals surface area (Å²) in [5, 5.41) is 7.99. The Bertz CT molecular complexity index is 714. The van der Waals surface area contributed by atoms with E-state index in [2.05, 4.69) is 16.0 Å². The molecule has 0 unspecified atom stereocenters. The zero-order chi connectivity index (χ0) is 16.8. The molecule has 2 aromatic carbocycles. The van der Waals surface area contributed by atoms with Gasteiger partial charge in [-0.15, -0.1) is 0 Å². The summed E-state index contributed by atoms with van der Waals surface area (Å²) in [6, 6.07) is 11.5. The van der Waals surface area contributed by atoms with Crippen molar-refractivity contribution in [3.63, 3.8) is 0 Å². The third-order valence-corrected chi connectivity index (χ3v) is 3.06. The Morgan fingerprint density at radius 1 is 1.00 bits per heavy atom. The first-order chi connectivity index (χ1) is 10.9. The quantitative estimate of drug-likeness (QED) is 0.794. The van der Waals surface area contributed by atoms with E-state index in [0.29, 0.717) is 11.4 Å². The molecule has 0 saturated carbocycles. The highest BCUT2D eigenvalue weighted by Crippen LogP contribution is 2.19. The van der Waals surface area contributed by atoms with Gasteiger partial charge >= 0.3 is 0 Å². The first-order valence-electron chi connectivity index (χ1n) is 7.11. The number of anilines is 3. The second-order valence-electron chi connectivity index (χ2n) is 5.14. The molecule has 0 radical (unpaired) electrons. The third kappa shape index (κ3) is 5.10. The van der Waals surface area contributed by atoms with Crippen LogP contribution in [0.25, 0.3) is 0 Å². The molecule has 0 bridgehead atoms. The molecule has 0 spiro atoms. The molecular weight excluding hydrogens is 297 g/mol. The van der Waals surface area contributed by atoms with E-state index in [1.54, 1.807) is 12.1 Å². The summed E-state index contributed by atoms with van der Waals surface area (Å²) in [4.78, 5) is 22.9. The zero-order valence-electron chi connectivity index (χ0n) is 12.9. The average molecular weight is 315 g/mol. The van der Waals surface area contributed by atoms with Gasteiger partial charge in [-0.25, -0.2) is 4.39 Å². The van der Waals surface area contributed by atoms with E-state index < -0.39 is 5.82 Å². The lowest BCUT2D eigenvalue weighted by Gasteiger charge is -2.10. The molecule has 6 heteroatoms. The summed E-state index contributed by atoms with van der Waals surface area (Å²) in [6.07, 6.45) is 0. The van der Waals surface area contributed by atoms with Gasteiger partial charge < -0.3 is 16.0 Å². The molecular formula is C17H18FN3O2. The SMILES string of the molecule is CC(=O)Nc1ccc(F)c(NCC(=O)Nc2ccc(C)cc2)c1. The van der Waals surface area contributed by atoms with Crippen LogP contribution in [0.15, 0.2) is 42.5 Å². The van der Waals surface area contributed by atoms with E-state index in [-0.39, 0.29) is 24.0 Å². The highest BCUT2D eigenvalue weighted by molar-refractivity contribution is 5.94. The fraction of sp³-hybridized carbons (Fsp3) is 0.176. The van der Waals surface area contributed by atoms with Gasteiger partial charge in [0.05, 0.1) is 12.2 Å². The molecule has 2 rings (SSSR count). The lowest BCUT2D eigenvalue weighted by molar-refractivity contribution is -0.115. The Hall–Kier alpha value is -2.89. The summed E-state index contributed by atoms with van der Waals surface area (Å²) in [5.74, 6) is -1.04. The van der Waals surface area contributed by atoms with Crippen molar-refractivity contribution in [2.75, 3.05) is 22.5 Å². The van der Waals surface area contributed by atoms with Gasteiger partial charge in [-0.2, -0.15) is 0 Å². The number of hydrogen-bond donors (Lipinski definition) is 3. The predicted molar refractivity (Wildman–Crippen MR) is 89.0 cm³/mol. The Labute approximate surface area is 133 Å². The van der Waals surface area contributed by atoms with Crippen LogP contribution in [0.1, 0.15) is 12.5 Å². The predicted octanol–water partition coefficient (Wildman–Crippen LogP) is 3.14. The number of benzene rings is 2. The normalized spacial score (nSPS) is 10.0. The van der Waals surface area contributed by atoms with Crippen molar-refractivity contribution in [1.82, 2.24) is 0 Å². The Morgan fingerprint density at radius 3 is 2.30 bits per heavy atom. The van der Waals surface area contributed by atoms with Crippen LogP contribution in [0.2, 0.25) is 0 Å². The maximum absolute atomic E-state index is 13.7. The van der Waals surface area contributed by atoms with Crippen molar-refractivity contribution in [1.29, 1.82) is 0 Å². The molecule has 5 nitrogen and oxygen atoms in total. The molecule has 0 aliphatic heterocycles. The molecule has 2 amide bonds. The minimum atomic E-state index is -0.498. The van der Waals surface area contributed by atoms with Crippen LogP contribution < -0.4 is 16.0 Å². The van der Waals surface area contributed by atoms with E-state index in [9.17, 15) is 14.0 Å². The minimum absolute atomic E-state index is 0.0890. The van der Waals surface area contributed by atoms with Gasteiger partial charge in [-0.1, -0.05) is 17.7 Å². The summed E-state index contributed by atoms with van der Waals surface area (Å²) in [5.41, 5.74) is 2.38. The third-order valence-electron chi connectivity index (χ3n) is 3.06. The van der Waals surface area contributed by atoms with E-state index >= 15 is 0 Å². The van der Waals surface area contributed by atoms with Gasteiger partial charge in [0.1, 0.15) is 5.82 Å². The molecule has 0 aromatic heterocycles. The van der Waals surface area contributed by atoms with Crippen LogP contribution in [0.3, 0.4) is 0 Å². The first-order valence-corrected chi connectivity index (χ1v) is 7.11. The topological polar surface area (TPSA) is 70.2 Å². The maximum Gasteiger partial charge on any atom is 0.243 e. The number of aryl methyl sites for hydroxylation is 1. The molecule has 0 aliphatic carbocycles. The molecule has 3 N–H and O–H groups in total. The van der Waals surface area contributed by atoms with Gasteiger partial charge in [0, 0.05) is 18.3 Å². The Morgan fingerprint density at radius 2 is 1.65 bits per heavy atom. The van der Waals surface area contributed by atoms with Crippen LogP contribution in [0, 0.1) is 12.7 Å². The second kappa shape index (κ2) is 7.40. The van der Waals surface area contributed by atoms with Crippen LogP contribution >= 0.6 is 0 Å². The summed E-state index contributed by atoms with van der Waals surface area (Å²) < 4.78 is 13.7. The fourth-order valence-corrected chi connectivity index (χ4v) is 1.96. The van der Waals surface area contributed by atoms with Crippen LogP contribution in [-0.4, -0.2) is 18.4 Å². The van der Waals surface area contributed by atoms with Crippen molar-refractivity contribution in [3.8, 4) is 0 Å². The van der Waals surface area contributed by atoms with Crippen molar-refractivity contribution >= 4 is 28.9 Å². The average Bonchev–Trinajstić information content (AvgIpc) is 2.49. The first kappa shape index (κ1) is 16.5. The number of hydrogen-bond acceptors (Lipinski definition) is 3. The van der Waals surface area contributed by atoms with Crippen molar-refractivity contribution in [2.24, 2.45) is 0 Å². The number of nitrogens with one attached hydrogen (secondary N) is 3. The standard InChI is InChI=1S/C17H18FN3O2/c1-11-3-5-13(6-4-11)21-17(23)10-19-16-9-14(20-12(2)22)7-8-15(16)18/h3-9,19H,10H2,1-2H3,(H,20,22)(H,21,23). The van der Waals surface area contributed by atoms with E-state index in [4.69, 9.17) is 0 Å². The van der Waals surface area contributed by atoms with Crippen molar-refractivity contribution in [3.05, 3.63) is 53.8 Å². The van der Waals surface area contributed by atoms with Gasteiger partial charge in [0.25, 0.3) is 0 Å². The molecule has 0 fully saturated rings. The molecule has 120 valence electrons. The number of carbonyl (C=O) groups is 2. The summed E-state index contributed by atoms with van der Waals surface area (Å²) >= 11 is 0. The Kier molecular flexibility index (Phi) is 5.30. The minimum Gasteiger partial charge on any atom is -0.374 e. The number of halogens is 1. The molecule has 0 heterocycles. The highest BCUT2D eigenvalue weighted by Gasteiger charge is 2.07. The number of rotatable bonds is 5. The molecule has 0 atom stereocenters. The summed E-state index contributed by atoms with van der Waals surface area (Å²) in [6.45, 7) is 3.23. The van der Waals surface area contributed by atoms with Crippen LogP contribution in [-0.2, 0) is 9.59 Å². The largest absolute Gasteiger partial charge is 0.374 e. The lowest BCUT2D eigenvalue weighted by Crippen LogP contribution is -2.22. The molecule has 23 heavy (non-hydrogen) atoms. The molecule has 0 aliphatic rings. The van der Waals surface area contributed by atoms with Gasteiger partial charge in [0.15, 0.2) is 0 Å². The smallest absolute Gasteiger partial charge is 0.243 e. The van der Waals surface area contributed by atoms with Gasteiger partial charge in [0.2, 0.25) is 11.8 Å². The van der Waals surface area contributed by atoms with Gasteiger partial charge in [-0.3, -0.25) is 9.59 Å². The van der Waals surface area contributed by atoms with E-state index in [1.165, 1.54) is 25.1 Å². The van der Waals surface area contributed by atoms with Crippen LogP contribution in [0.4, 0.5) is 21.5 Å². The lowest BCUT2D eigenvalue weighted by atomic mass is 10.2. The fourth-order valence-electron chi connectivity index (χ4n) is 1.96. The van der Waals surface area contributed by atoms with E-state index in [1.807, 2.05) is 19.1 Å². The zero-order valence-corrected chi connectivity index (χ0v) is 12.9. The number of amides is 2. The molecule has 0 saturated heterocycles. The van der Waals surface area contributed by atoms with Crippen molar-refractivity contribution in [2.45, 2.75) is 13.8 Å². The van der Waals surface area contributed by atoms with Crippen molar-refractivity contribution < 1.29 is 14.0 Å². The number of carbonyl (C=O) groups excluding carboxylic acids is 2. The Balaban J connectivity index is 1.95. The molecule has 2 aromatic rings. The second-order valence-corrected chi connectivity index (χ2v) is 5.14. The highest BCUT2D eigenvalue weighted by atomic mass is 19.1.